The molecular weight excluding hydrogens is 349 g/mol. The third-order valence-electron chi connectivity index (χ3n) is 3.45. The fourth-order valence-electron chi connectivity index (χ4n) is 2.10. The molecule has 1 aromatic heterocycles. The summed E-state index contributed by atoms with van der Waals surface area (Å²) in [5, 5.41) is 3.03. The summed E-state index contributed by atoms with van der Waals surface area (Å²) in [7, 11) is 5.29. The lowest BCUT2D eigenvalue weighted by atomic mass is 10.1. The number of hydrogen-bond donors (Lipinski definition) is 1. The molecule has 0 unspecified atom stereocenters. The molecule has 1 aromatic carbocycles. The topological polar surface area (TPSA) is 54.5 Å². The summed E-state index contributed by atoms with van der Waals surface area (Å²) in [6.07, 6.45) is 3.36. The highest BCUT2D eigenvalue weighted by molar-refractivity contribution is 5.94. The molecule has 0 bridgehead atoms. The number of ether oxygens (including phenoxy) is 1. The predicted octanol–water partition coefficient (Wildman–Crippen LogP) is 2.89. The van der Waals surface area contributed by atoms with E-state index in [9.17, 15) is 4.79 Å². The van der Waals surface area contributed by atoms with Crippen LogP contribution in [0, 0.1) is 0 Å². The summed E-state index contributed by atoms with van der Waals surface area (Å²) in [4.78, 5) is 18.3. The number of hydrogen-bond acceptors (Lipinski definition) is 4. The first kappa shape index (κ1) is 22.2. The summed E-state index contributed by atoms with van der Waals surface area (Å²) in [5.74, 6) is 0.772. The maximum atomic E-state index is 12.4. The van der Waals surface area contributed by atoms with Crippen molar-refractivity contribution in [2.24, 2.45) is 0 Å². The standard InChI is InChI=1S/C17H21N3O2.2ClH/c1-18-8-9-20(2)17(21)15-10-14(11-19-12-15)13-4-6-16(22-3)7-5-13;;/h4-7,10-12,18H,8-9H2,1-3H3;2*1H. The quantitative estimate of drug-likeness (QED) is 0.847. The van der Waals surface area contributed by atoms with E-state index in [2.05, 4.69) is 10.3 Å². The number of carbonyl (C=O) groups is 1. The maximum Gasteiger partial charge on any atom is 0.255 e. The van der Waals surface area contributed by atoms with Crippen molar-refractivity contribution in [2.45, 2.75) is 0 Å². The average Bonchev–Trinajstić information content (AvgIpc) is 2.59. The summed E-state index contributed by atoms with van der Waals surface area (Å²) < 4.78 is 5.15. The van der Waals surface area contributed by atoms with E-state index in [0.29, 0.717) is 12.1 Å². The van der Waals surface area contributed by atoms with Crippen LogP contribution < -0.4 is 10.1 Å². The van der Waals surface area contributed by atoms with Crippen LogP contribution in [0.15, 0.2) is 42.7 Å². The van der Waals surface area contributed by atoms with Crippen molar-refractivity contribution in [1.29, 1.82) is 0 Å². The minimum atomic E-state index is -0.0295. The summed E-state index contributed by atoms with van der Waals surface area (Å²) >= 11 is 0. The molecule has 0 aliphatic heterocycles. The zero-order chi connectivity index (χ0) is 15.9. The monoisotopic (exact) mass is 371 g/mol. The third kappa shape index (κ3) is 5.67. The van der Waals surface area contributed by atoms with E-state index in [0.717, 1.165) is 23.4 Å². The van der Waals surface area contributed by atoms with Crippen LogP contribution in [0.25, 0.3) is 11.1 Å². The van der Waals surface area contributed by atoms with Crippen molar-refractivity contribution < 1.29 is 9.53 Å². The predicted molar refractivity (Wildman–Crippen MR) is 102 cm³/mol. The van der Waals surface area contributed by atoms with E-state index in [-0.39, 0.29) is 30.7 Å². The van der Waals surface area contributed by atoms with Crippen molar-refractivity contribution in [3.05, 3.63) is 48.3 Å². The van der Waals surface area contributed by atoms with E-state index >= 15 is 0 Å². The Hall–Kier alpha value is -1.82. The van der Waals surface area contributed by atoms with Crippen molar-refractivity contribution in [2.75, 3.05) is 34.3 Å². The second kappa shape index (κ2) is 10.9. The second-order valence-corrected chi connectivity index (χ2v) is 5.02. The van der Waals surface area contributed by atoms with Gasteiger partial charge in [0.05, 0.1) is 12.7 Å². The Balaban J connectivity index is 0.00000264. The van der Waals surface area contributed by atoms with Crippen LogP contribution in [0.5, 0.6) is 5.75 Å². The molecular formula is C17H23Cl2N3O2. The van der Waals surface area contributed by atoms with Gasteiger partial charge in [-0.2, -0.15) is 0 Å². The number of benzene rings is 1. The van der Waals surface area contributed by atoms with E-state index in [1.165, 1.54) is 0 Å². The lowest BCUT2D eigenvalue weighted by Gasteiger charge is -2.17. The van der Waals surface area contributed by atoms with Crippen molar-refractivity contribution in [1.82, 2.24) is 15.2 Å². The molecule has 24 heavy (non-hydrogen) atoms. The van der Waals surface area contributed by atoms with Gasteiger partial charge in [-0.3, -0.25) is 9.78 Å². The van der Waals surface area contributed by atoms with Gasteiger partial charge in [0.15, 0.2) is 0 Å². The number of nitrogens with zero attached hydrogens (tertiary/aromatic N) is 2. The van der Waals surface area contributed by atoms with Gasteiger partial charge in [0.1, 0.15) is 5.75 Å². The molecule has 0 fully saturated rings. The highest BCUT2D eigenvalue weighted by Crippen LogP contribution is 2.22. The number of nitrogens with one attached hydrogen (secondary N) is 1. The molecule has 0 radical (unpaired) electrons. The number of aromatic nitrogens is 1. The molecule has 0 spiro atoms. The first-order valence-electron chi connectivity index (χ1n) is 7.15. The fourth-order valence-corrected chi connectivity index (χ4v) is 2.10. The largest absolute Gasteiger partial charge is 0.497 e. The molecule has 1 N–H and O–H groups in total. The molecule has 0 atom stereocenters. The van der Waals surface area contributed by atoms with Crippen LogP contribution >= 0.6 is 24.8 Å². The Morgan fingerprint density at radius 3 is 2.42 bits per heavy atom. The van der Waals surface area contributed by atoms with Crippen LogP contribution in [-0.2, 0) is 0 Å². The molecule has 0 aliphatic rings. The van der Waals surface area contributed by atoms with Crippen LogP contribution in [0.2, 0.25) is 0 Å². The molecule has 1 amide bonds. The van der Waals surface area contributed by atoms with Crippen molar-refractivity contribution in [3.8, 4) is 16.9 Å². The molecule has 7 heteroatoms. The van der Waals surface area contributed by atoms with Gasteiger partial charge >= 0.3 is 0 Å². The first-order valence-corrected chi connectivity index (χ1v) is 7.15. The summed E-state index contributed by atoms with van der Waals surface area (Å²) in [6.45, 7) is 1.41. The van der Waals surface area contributed by atoms with Gasteiger partial charge in [0, 0.05) is 38.1 Å². The summed E-state index contributed by atoms with van der Waals surface area (Å²) in [6, 6.07) is 9.56. The SMILES string of the molecule is CNCCN(C)C(=O)c1cncc(-c2ccc(OC)cc2)c1.Cl.Cl. The lowest BCUT2D eigenvalue weighted by Crippen LogP contribution is -2.32. The molecule has 2 aromatic rings. The molecule has 1 heterocycles. The Kier molecular flexibility index (Phi) is 10.0. The first-order chi connectivity index (χ1) is 10.7. The minimum Gasteiger partial charge on any atom is -0.497 e. The molecule has 132 valence electrons. The lowest BCUT2D eigenvalue weighted by molar-refractivity contribution is 0.0796. The highest BCUT2D eigenvalue weighted by Gasteiger charge is 2.12. The van der Waals surface area contributed by atoms with Crippen LogP contribution in [0.3, 0.4) is 0 Å². The molecule has 0 aliphatic carbocycles. The van der Waals surface area contributed by atoms with E-state index in [1.807, 2.05) is 37.4 Å². The van der Waals surface area contributed by atoms with Gasteiger partial charge in [0.2, 0.25) is 0 Å². The van der Waals surface area contributed by atoms with Crippen LogP contribution in [0.4, 0.5) is 0 Å². The maximum absolute atomic E-state index is 12.4. The van der Waals surface area contributed by atoms with Crippen molar-refractivity contribution in [3.63, 3.8) is 0 Å². The second-order valence-electron chi connectivity index (χ2n) is 5.02. The Bertz CT molecular complexity index is 636. The number of halogens is 2. The Labute approximate surface area is 155 Å². The van der Waals surface area contributed by atoms with Crippen LogP contribution in [0.1, 0.15) is 10.4 Å². The molecule has 2 rings (SSSR count). The third-order valence-corrected chi connectivity index (χ3v) is 3.45. The van der Waals surface area contributed by atoms with Gasteiger partial charge in [0.25, 0.3) is 5.91 Å². The Morgan fingerprint density at radius 1 is 1.17 bits per heavy atom. The fraction of sp³-hybridized carbons (Fsp3) is 0.294. The van der Waals surface area contributed by atoms with Crippen LogP contribution in [-0.4, -0.2) is 50.1 Å². The Morgan fingerprint density at radius 2 is 1.83 bits per heavy atom. The highest BCUT2D eigenvalue weighted by atomic mass is 35.5. The van der Waals surface area contributed by atoms with Crippen molar-refractivity contribution >= 4 is 30.7 Å². The van der Waals surface area contributed by atoms with Gasteiger partial charge in [-0.15, -0.1) is 24.8 Å². The zero-order valence-corrected chi connectivity index (χ0v) is 15.6. The molecule has 0 saturated carbocycles. The minimum absolute atomic E-state index is 0. The zero-order valence-electron chi connectivity index (χ0n) is 14.0. The average molecular weight is 372 g/mol. The number of pyridine rings is 1. The number of likely N-dealkylation sites (N-methyl/N-ethyl adjacent to an activating group) is 2. The van der Waals surface area contributed by atoms with Gasteiger partial charge < -0.3 is 15.0 Å². The molecule has 5 nitrogen and oxygen atoms in total. The summed E-state index contributed by atoms with van der Waals surface area (Å²) in [5.41, 5.74) is 2.50. The van der Waals surface area contributed by atoms with E-state index in [1.54, 1.807) is 31.5 Å². The number of carbonyl (C=O) groups excluding carboxylic acids is 1. The normalized spacial score (nSPS) is 9.46. The smallest absolute Gasteiger partial charge is 0.255 e. The number of rotatable bonds is 6. The molecule has 0 saturated heterocycles. The number of amides is 1. The van der Waals surface area contributed by atoms with Gasteiger partial charge in [-0.05, 0) is 30.8 Å². The van der Waals surface area contributed by atoms with E-state index < -0.39 is 0 Å². The van der Waals surface area contributed by atoms with Gasteiger partial charge in [-0.25, -0.2) is 0 Å². The van der Waals surface area contributed by atoms with Gasteiger partial charge in [-0.1, -0.05) is 12.1 Å². The number of methoxy groups -OCH3 is 1. The van der Waals surface area contributed by atoms with E-state index in [4.69, 9.17) is 4.74 Å².